The zero-order chi connectivity index (χ0) is 25.3. The Bertz CT molecular complexity index is 1410. The monoisotopic (exact) mass is 481 g/mol. The quantitative estimate of drug-likeness (QED) is 0.310. The minimum atomic E-state index is -0.471. The molecule has 2 N–H and O–H groups in total. The van der Waals surface area contributed by atoms with Crippen molar-refractivity contribution in [3.8, 4) is 0 Å². The highest BCUT2D eigenvalue weighted by Gasteiger charge is 2.26. The van der Waals surface area contributed by atoms with Crippen LogP contribution in [0.15, 0.2) is 45.5 Å². The second-order valence-electron chi connectivity index (χ2n) is 9.30. The molecule has 1 aromatic carbocycles. The number of aromatic nitrogens is 4. The van der Waals surface area contributed by atoms with E-state index in [1.54, 1.807) is 19.2 Å². The minimum Gasteiger partial charge on any atom is -0.341 e. The summed E-state index contributed by atoms with van der Waals surface area (Å²) in [7, 11) is 1.61. The van der Waals surface area contributed by atoms with Crippen molar-refractivity contribution in [3.05, 3.63) is 72.4 Å². The summed E-state index contributed by atoms with van der Waals surface area (Å²) < 4.78 is 4.45. The number of nitro benzene ring substituents is 1. The van der Waals surface area contributed by atoms with Crippen LogP contribution < -0.4 is 21.9 Å². The summed E-state index contributed by atoms with van der Waals surface area (Å²) in [5.41, 5.74) is 7.76. The summed E-state index contributed by atoms with van der Waals surface area (Å²) in [4.78, 5) is 44.2. The van der Waals surface area contributed by atoms with Gasteiger partial charge >= 0.3 is 5.69 Å². The Morgan fingerprint density at radius 1 is 1.29 bits per heavy atom. The second kappa shape index (κ2) is 9.87. The van der Waals surface area contributed by atoms with E-state index in [1.807, 2.05) is 24.5 Å². The molecule has 0 amide bonds. The van der Waals surface area contributed by atoms with Crippen LogP contribution in [0.5, 0.6) is 0 Å². The van der Waals surface area contributed by atoms with Gasteiger partial charge in [-0.3, -0.25) is 24.0 Å². The third-order valence-corrected chi connectivity index (χ3v) is 6.38. The number of hydrogen-bond donors (Lipinski definition) is 1. The summed E-state index contributed by atoms with van der Waals surface area (Å²) in [6, 6.07) is 6.25. The Hall–Kier alpha value is -3.73. The molecule has 0 spiro atoms. The average molecular weight is 482 g/mol. The summed E-state index contributed by atoms with van der Waals surface area (Å²) in [5, 5.41) is 11.1. The molecule has 0 aliphatic carbocycles. The molecule has 4 rings (SSSR count). The summed E-state index contributed by atoms with van der Waals surface area (Å²) >= 11 is 0. The predicted molar refractivity (Wildman–Crippen MR) is 135 cm³/mol. The van der Waals surface area contributed by atoms with Crippen molar-refractivity contribution in [2.45, 2.75) is 52.2 Å². The van der Waals surface area contributed by atoms with E-state index >= 15 is 0 Å². The van der Waals surface area contributed by atoms with Gasteiger partial charge in [0, 0.05) is 51.4 Å². The SMILES string of the molecule is CC(C)=CCn1c(N2CCCC(N)C2)nc2c1c(=O)n(CCc1cccc([N+](=O)[O-])c1)c(=O)n2C. The maximum absolute atomic E-state index is 13.6. The second-order valence-corrected chi connectivity index (χ2v) is 9.30. The number of non-ortho nitro benzene ring substituents is 1. The maximum Gasteiger partial charge on any atom is 0.332 e. The van der Waals surface area contributed by atoms with Crippen molar-refractivity contribution in [2.75, 3.05) is 18.0 Å². The smallest absolute Gasteiger partial charge is 0.332 e. The molecule has 0 radical (unpaired) electrons. The molecule has 1 saturated heterocycles. The molecule has 35 heavy (non-hydrogen) atoms. The van der Waals surface area contributed by atoms with Gasteiger partial charge in [-0.25, -0.2) is 4.79 Å². The molecule has 1 fully saturated rings. The zero-order valence-electron chi connectivity index (χ0n) is 20.3. The molecular formula is C24H31N7O4. The van der Waals surface area contributed by atoms with Crippen LogP contribution in [0.1, 0.15) is 32.3 Å². The van der Waals surface area contributed by atoms with Crippen molar-refractivity contribution >= 4 is 22.8 Å². The van der Waals surface area contributed by atoms with Crippen LogP contribution in [0.4, 0.5) is 11.6 Å². The van der Waals surface area contributed by atoms with Gasteiger partial charge < -0.3 is 15.2 Å². The van der Waals surface area contributed by atoms with Crippen LogP contribution in [0.3, 0.4) is 0 Å². The molecule has 11 nitrogen and oxygen atoms in total. The average Bonchev–Trinajstić information content (AvgIpc) is 3.21. The first-order valence-corrected chi connectivity index (χ1v) is 11.7. The van der Waals surface area contributed by atoms with E-state index in [0.717, 1.165) is 25.0 Å². The number of rotatable bonds is 7. The number of hydrogen-bond acceptors (Lipinski definition) is 7. The Balaban J connectivity index is 1.81. The van der Waals surface area contributed by atoms with E-state index in [-0.39, 0.29) is 18.3 Å². The van der Waals surface area contributed by atoms with Gasteiger partial charge in [0.2, 0.25) is 5.95 Å². The highest BCUT2D eigenvalue weighted by Crippen LogP contribution is 2.23. The van der Waals surface area contributed by atoms with E-state index in [1.165, 1.54) is 21.3 Å². The Labute approximate surface area is 202 Å². The Morgan fingerprint density at radius 3 is 2.74 bits per heavy atom. The lowest BCUT2D eigenvalue weighted by atomic mass is 10.1. The number of nitrogens with zero attached hydrogens (tertiary/aromatic N) is 6. The molecule has 0 saturated carbocycles. The number of nitrogens with two attached hydrogens (primary N) is 1. The fourth-order valence-electron chi connectivity index (χ4n) is 4.50. The molecule has 11 heteroatoms. The first-order valence-electron chi connectivity index (χ1n) is 11.7. The van der Waals surface area contributed by atoms with Gasteiger partial charge in [0.15, 0.2) is 11.2 Å². The van der Waals surface area contributed by atoms with Gasteiger partial charge in [-0.15, -0.1) is 0 Å². The molecule has 0 bridgehead atoms. The third-order valence-electron chi connectivity index (χ3n) is 6.38. The molecule has 1 atom stereocenters. The van der Waals surface area contributed by atoms with Gasteiger partial charge in [0.25, 0.3) is 11.2 Å². The van der Waals surface area contributed by atoms with Crippen molar-refractivity contribution < 1.29 is 4.92 Å². The van der Waals surface area contributed by atoms with Crippen LogP contribution in [0.25, 0.3) is 11.2 Å². The van der Waals surface area contributed by atoms with Crippen molar-refractivity contribution in [3.63, 3.8) is 0 Å². The van der Waals surface area contributed by atoms with E-state index in [9.17, 15) is 19.7 Å². The number of fused-ring (bicyclic) bond motifs is 1. The van der Waals surface area contributed by atoms with Crippen molar-refractivity contribution in [1.29, 1.82) is 0 Å². The maximum atomic E-state index is 13.6. The largest absolute Gasteiger partial charge is 0.341 e. The Morgan fingerprint density at radius 2 is 2.06 bits per heavy atom. The van der Waals surface area contributed by atoms with Gasteiger partial charge in [0.1, 0.15) is 0 Å². The number of aryl methyl sites for hydroxylation is 2. The van der Waals surface area contributed by atoms with Crippen LogP contribution in [-0.4, -0.2) is 42.7 Å². The van der Waals surface area contributed by atoms with Gasteiger partial charge in [0.05, 0.1) is 4.92 Å². The molecular weight excluding hydrogens is 450 g/mol. The molecule has 1 aliphatic heterocycles. The van der Waals surface area contributed by atoms with Crippen LogP contribution in [0.2, 0.25) is 0 Å². The van der Waals surface area contributed by atoms with Crippen molar-refractivity contribution in [1.82, 2.24) is 18.7 Å². The fraction of sp³-hybridized carbons (Fsp3) is 0.458. The lowest BCUT2D eigenvalue weighted by Gasteiger charge is -2.31. The van der Waals surface area contributed by atoms with E-state index in [0.29, 0.717) is 42.2 Å². The summed E-state index contributed by atoms with van der Waals surface area (Å²) in [6.45, 7) is 5.93. The van der Waals surface area contributed by atoms with Crippen LogP contribution in [0, 0.1) is 10.1 Å². The zero-order valence-corrected chi connectivity index (χ0v) is 20.3. The standard InChI is InChI=1S/C24H31N7O4/c1-16(2)9-12-29-20-21(26-23(29)28-11-5-7-18(25)15-28)27(3)24(33)30(22(20)32)13-10-17-6-4-8-19(14-17)31(34)35/h4,6,8-9,14,18H,5,7,10-13,15,25H2,1-3H3. The fourth-order valence-corrected chi connectivity index (χ4v) is 4.50. The lowest BCUT2D eigenvalue weighted by Crippen LogP contribution is -2.44. The molecule has 186 valence electrons. The summed E-state index contributed by atoms with van der Waals surface area (Å²) in [5.74, 6) is 0.635. The first kappa shape index (κ1) is 24.4. The number of nitro groups is 1. The molecule has 1 unspecified atom stereocenters. The molecule has 3 aromatic rings. The Kier molecular flexibility index (Phi) is 6.88. The third kappa shape index (κ3) is 4.90. The summed E-state index contributed by atoms with van der Waals surface area (Å²) in [6.07, 6.45) is 4.19. The molecule has 1 aliphatic rings. The van der Waals surface area contributed by atoms with Gasteiger partial charge in [-0.05, 0) is 38.7 Å². The van der Waals surface area contributed by atoms with Gasteiger partial charge in [-0.2, -0.15) is 4.98 Å². The van der Waals surface area contributed by atoms with Crippen LogP contribution in [-0.2, 0) is 26.6 Å². The molecule has 2 aromatic heterocycles. The lowest BCUT2D eigenvalue weighted by molar-refractivity contribution is -0.384. The number of allylic oxidation sites excluding steroid dienone is 2. The number of benzene rings is 1. The highest BCUT2D eigenvalue weighted by atomic mass is 16.6. The van der Waals surface area contributed by atoms with E-state index in [2.05, 4.69) is 4.90 Å². The van der Waals surface area contributed by atoms with Crippen molar-refractivity contribution in [2.24, 2.45) is 12.8 Å². The predicted octanol–water partition coefficient (Wildman–Crippen LogP) is 1.94. The van der Waals surface area contributed by atoms with Crippen LogP contribution >= 0.6 is 0 Å². The topological polar surface area (TPSA) is 134 Å². The number of imidazole rings is 1. The normalized spacial score (nSPS) is 16.0. The number of anilines is 1. The van der Waals surface area contributed by atoms with Gasteiger partial charge in [-0.1, -0.05) is 23.8 Å². The highest BCUT2D eigenvalue weighted by molar-refractivity contribution is 5.74. The van der Waals surface area contributed by atoms with E-state index < -0.39 is 16.2 Å². The minimum absolute atomic E-state index is 0.0240. The first-order chi connectivity index (χ1) is 16.7. The number of piperidine rings is 1. The molecule has 3 heterocycles. The van der Waals surface area contributed by atoms with E-state index in [4.69, 9.17) is 10.7 Å².